The molecule has 0 spiro atoms. The van der Waals surface area contributed by atoms with Crippen molar-refractivity contribution >= 4 is 0 Å². The Balaban J connectivity index is 2.93. The van der Waals surface area contributed by atoms with E-state index in [9.17, 15) is 0 Å². The molecule has 1 unspecified atom stereocenters. The molecule has 0 aliphatic heterocycles. The summed E-state index contributed by atoms with van der Waals surface area (Å²) in [5.74, 6) is 0.689. The second kappa shape index (κ2) is 4.63. The van der Waals surface area contributed by atoms with Crippen LogP contribution in [0.2, 0.25) is 0 Å². The molecule has 0 aromatic heterocycles. The molecule has 0 saturated heterocycles. The Morgan fingerprint density at radius 3 is 2.07 bits per heavy atom. The van der Waals surface area contributed by atoms with E-state index in [2.05, 4.69) is 58.0 Å². The summed E-state index contributed by atoms with van der Waals surface area (Å²) in [4.78, 5) is 0. The third kappa shape index (κ3) is 2.37. The Labute approximate surface area is 88.4 Å². The smallest absolute Gasteiger partial charge is 0.0113 e. The van der Waals surface area contributed by atoms with E-state index in [0.29, 0.717) is 11.3 Å². The zero-order chi connectivity index (χ0) is 10.6. The van der Waals surface area contributed by atoms with Crippen molar-refractivity contribution in [2.45, 2.75) is 46.5 Å². The highest BCUT2D eigenvalue weighted by Gasteiger charge is 2.27. The topological polar surface area (TPSA) is 0 Å². The lowest BCUT2D eigenvalue weighted by atomic mass is 9.72. The maximum absolute atomic E-state index is 2.37. The van der Waals surface area contributed by atoms with Crippen molar-refractivity contribution in [2.75, 3.05) is 0 Å². The predicted molar refractivity (Wildman–Crippen MR) is 63.5 cm³/mol. The van der Waals surface area contributed by atoms with Gasteiger partial charge >= 0.3 is 0 Å². The third-order valence-corrected chi connectivity index (χ3v) is 3.46. The van der Waals surface area contributed by atoms with E-state index >= 15 is 0 Å². The van der Waals surface area contributed by atoms with Crippen LogP contribution >= 0.6 is 0 Å². The monoisotopic (exact) mass is 190 g/mol. The molecule has 0 N–H and O–H groups in total. The first kappa shape index (κ1) is 11.3. The molecule has 14 heavy (non-hydrogen) atoms. The van der Waals surface area contributed by atoms with E-state index in [1.807, 2.05) is 0 Å². The van der Waals surface area contributed by atoms with Gasteiger partial charge in [0.25, 0.3) is 0 Å². The molecule has 0 radical (unpaired) electrons. The summed E-state index contributed by atoms with van der Waals surface area (Å²) >= 11 is 0. The lowest BCUT2D eigenvalue weighted by molar-refractivity contribution is 0.267. The van der Waals surface area contributed by atoms with Gasteiger partial charge in [0.1, 0.15) is 0 Å². The van der Waals surface area contributed by atoms with Crippen LogP contribution in [0.25, 0.3) is 0 Å². The Bertz CT molecular complexity index is 259. The van der Waals surface area contributed by atoms with Crippen LogP contribution in [0, 0.1) is 5.41 Å². The molecule has 0 fully saturated rings. The minimum atomic E-state index is 0.413. The van der Waals surface area contributed by atoms with Crippen LogP contribution in [0.15, 0.2) is 30.3 Å². The van der Waals surface area contributed by atoms with Crippen LogP contribution in [0.1, 0.15) is 52.0 Å². The molecule has 0 aliphatic rings. The van der Waals surface area contributed by atoms with Crippen molar-refractivity contribution in [3.8, 4) is 0 Å². The van der Waals surface area contributed by atoms with Gasteiger partial charge in [-0.15, -0.1) is 0 Å². The van der Waals surface area contributed by atoms with E-state index in [4.69, 9.17) is 0 Å². The fourth-order valence-corrected chi connectivity index (χ4v) is 2.17. The van der Waals surface area contributed by atoms with Gasteiger partial charge in [-0.1, -0.05) is 64.4 Å². The highest BCUT2D eigenvalue weighted by atomic mass is 14.3. The summed E-state index contributed by atoms with van der Waals surface area (Å²) in [5, 5.41) is 0. The zero-order valence-corrected chi connectivity index (χ0v) is 9.88. The summed E-state index contributed by atoms with van der Waals surface area (Å²) < 4.78 is 0. The first-order chi connectivity index (χ1) is 6.61. The van der Waals surface area contributed by atoms with Crippen LogP contribution in [0.4, 0.5) is 0 Å². The fraction of sp³-hybridized carbons (Fsp3) is 0.571. The molecule has 1 atom stereocenters. The second-order valence-corrected chi connectivity index (χ2v) is 4.71. The Kier molecular flexibility index (Phi) is 3.74. The van der Waals surface area contributed by atoms with Gasteiger partial charge in [-0.05, 0) is 23.3 Å². The number of hydrogen-bond donors (Lipinski definition) is 0. The maximum Gasteiger partial charge on any atom is -0.0113 e. The zero-order valence-electron chi connectivity index (χ0n) is 9.88. The quantitative estimate of drug-likeness (QED) is 0.650. The number of hydrogen-bond acceptors (Lipinski definition) is 0. The van der Waals surface area contributed by atoms with Crippen molar-refractivity contribution in [3.63, 3.8) is 0 Å². The van der Waals surface area contributed by atoms with Crippen molar-refractivity contribution in [3.05, 3.63) is 35.9 Å². The number of rotatable bonds is 4. The highest BCUT2D eigenvalue weighted by Crippen LogP contribution is 2.40. The van der Waals surface area contributed by atoms with Gasteiger partial charge in [0.15, 0.2) is 0 Å². The van der Waals surface area contributed by atoms with Crippen LogP contribution in [0.3, 0.4) is 0 Å². The van der Waals surface area contributed by atoms with E-state index < -0.39 is 0 Å². The van der Waals surface area contributed by atoms with Crippen LogP contribution < -0.4 is 0 Å². The standard InChI is InChI=1S/C14H22/c1-5-13(14(3,4)6-2)12-10-8-7-9-11-12/h7-11,13H,5-6H2,1-4H3. The van der Waals surface area contributed by atoms with Crippen molar-refractivity contribution in [1.82, 2.24) is 0 Å². The molecular formula is C14H22. The second-order valence-electron chi connectivity index (χ2n) is 4.71. The summed E-state index contributed by atoms with van der Waals surface area (Å²) in [6.07, 6.45) is 2.46. The lowest BCUT2D eigenvalue weighted by Crippen LogP contribution is -2.20. The maximum atomic E-state index is 2.37. The van der Waals surface area contributed by atoms with Crippen molar-refractivity contribution in [2.24, 2.45) is 5.41 Å². The van der Waals surface area contributed by atoms with Crippen molar-refractivity contribution in [1.29, 1.82) is 0 Å². The summed E-state index contributed by atoms with van der Waals surface area (Å²) in [6, 6.07) is 10.9. The SMILES string of the molecule is CCC(c1ccccc1)C(C)(C)CC. The van der Waals surface area contributed by atoms with Gasteiger partial charge in [0.05, 0.1) is 0 Å². The van der Waals surface area contributed by atoms with E-state index in [1.165, 1.54) is 18.4 Å². The van der Waals surface area contributed by atoms with E-state index in [-0.39, 0.29) is 0 Å². The van der Waals surface area contributed by atoms with Gasteiger partial charge in [-0.3, -0.25) is 0 Å². The van der Waals surface area contributed by atoms with Gasteiger partial charge in [-0.2, -0.15) is 0 Å². The summed E-state index contributed by atoms with van der Waals surface area (Å²) in [7, 11) is 0. The minimum absolute atomic E-state index is 0.413. The molecule has 0 bridgehead atoms. The third-order valence-electron chi connectivity index (χ3n) is 3.46. The average molecular weight is 190 g/mol. The Hall–Kier alpha value is -0.780. The minimum Gasteiger partial charge on any atom is -0.0649 e. The predicted octanol–water partition coefficient (Wildman–Crippen LogP) is 4.62. The van der Waals surface area contributed by atoms with E-state index in [1.54, 1.807) is 0 Å². The Morgan fingerprint density at radius 1 is 1.07 bits per heavy atom. The highest BCUT2D eigenvalue weighted by molar-refractivity contribution is 5.21. The molecule has 1 aromatic rings. The molecule has 0 amide bonds. The molecule has 0 heteroatoms. The van der Waals surface area contributed by atoms with Gasteiger partial charge < -0.3 is 0 Å². The van der Waals surface area contributed by atoms with Crippen LogP contribution in [0.5, 0.6) is 0 Å². The van der Waals surface area contributed by atoms with Gasteiger partial charge in [0, 0.05) is 0 Å². The van der Waals surface area contributed by atoms with Crippen LogP contribution in [-0.4, -0.2) is 0 Å². The molecule has 0 aliphatic carbocycles. The van der Waals surface area contributed by atoms with Crippen molar-refractivity contribution < 1.29 is 0 Å². The normalized spacial score (nSPS) is 14.0. The molecule has 0 heterocycles. The first-order valence-corrected chi connectivity index (χ1v) is 5.66. The fourth-order valence-electron chi connectivity index (χ4n) is 2.17. The molecule has 1 aromatic carbocycles. The molecule has 1 rings (SSSR count). The first-order valence-electron chi connectivity index (χ1n) is 5.66. The molecular weight excluding hydrogens is 168 g/mol. The van der Waals surface area contributed by atoms with Gasteiger partial charge in [0.2, 0.25) is 0 Å². The lowest BCUT2D eigenvalue weighted by Gasteiger charge is -2.33. The summed E-state index contributed by atoms with van der Waals surface area (Å²) in [5.41, 5.74) is 1.90. The average Bonchev–Trinajstić information content (AvgIpc) is 2.20. The molecule has 78 valence electrons. The largest absolute Gasteiger partial charge is 0.0649 e. The van der Waals surface area contributed by atoms with Crippen LogP contribution in [-0.2, 0) is 0 Å². The number of benzene rings is 1. The van der Waals surface area contributed by atoms with E-state index in [0.717, 1.165) is 0 Å². The Morgan fingerprint density at radius 2 is 1.64 bits per heavy atom. The molecule has 0 nitrogen and oxygen atoms in total. The summed E-state index contributed by atoms with van der Waals surface area (Å²) in [6.45, 7) is 9.31. The van der Waals surface area contributed by atoms with Gasteiger partial charge in [-0.25, -0.2) is 0 Å². The molecule has 0 saturated carbocycles.